The zero-order valence-corrected chi connectivity index (χ0v) is 23.5. The zero-order valence-electron chi connectivity index (χ0n) is 22.0. The van der Waals surface area contributed by atoms with Crippen molar-refractivity contribution in [1.82, 2.24) is 9.80 Å². The van der Waals surface area contributed by atoms with Crippen molar-refractivity contribution < 1.29 is 33.8 Å². The molecule has 11 heteroatoms. The highest BCUT2D eigenvalue weighted by Gasteiger charge is 2.76. The lowest BCUT2D eigenvalue weighted by atomic mass is 9.56. The number of alkyl halides is 2. The number of amides is 4. The summed E-state index contributed by atoms with van der Waals surface area (Å²) < 4.78 is 10.9. The van der Waals surface area contributed by atoms with Crippen LogP contribution in [0, 0.1) is 17.8 Å². The third kappa shape index (κ3) is 3.18. The van der Waals surface area contributed by atoms with Crippen molar-refractivity contribution in [2.45, 2.75) is 54.8 Å². The number of carbonyl (C=O) groups excluding carboxylic acids is 4. The van der Waals surface area contributed by atoms with E-state index in [-0.39, 0.29) is 41.7 Å². The number of aromatic hydroxyl groups is 1. The molecule has 4 amide bonds. The highest BCUT2D eigenvalue weighted by Crippen LogP contribution is 2.67. The number of halogens is 2. The number of ether oxygens (including phenoxy) is 2. The van der Waals surface area contributed by atoms with E-state index in [0.29, 0.717) is 11.3 Å². The quantitative estimate of drug-likeness (QED) is 0.340. The lowest BCUT2D eigenvalue weighted by molar-refractivity contribution is -0.146. The van der Waals surface area contributed by atoms with Crippen molar-refractivity contribution in [1.29, 1.82) is 0 Å². The molecular weight excluding hydrogens is 535 g/mol. The minimum absolute atomic E-state index is 0.118. The third-order valence-electron chi connectivity index (χ3n) is 8.52. The molecule has 2 aliphatic heterocycles. The van der Waals surface area contributed by atoms with Crippen LogP contribution in [-0.2, 0) is 19.2 Å². The summed E-state index contributed by atoms with van der Waals surface area (Å²) in [5, 5.41) is 11.2. The summed E-state index contributed by atoms with van der Waals surface area (Å²) in [4.78, 5) is 52.6. The maximum absolute atomic E-state index is 13.8. The van der Waals surface area contributed by atoms with Crippen LogP contribution in [0.15, 0.2) is 23.8 Å². The number of phenols is 1. The van der Waals surface area contributed by atoms with Crippen molar-refractivity contribution in [2.24, 2.45) is 17.8 Å². The number of imide groups is 2. The molecule has 204 valence electrons. The van der Waals surface area contributed by atoms with E-state index in [9.17, 15) is 24.3 Å². The summed E-state index contributed by atoms with van der Waals surface area (Å²) in [7, 11) is 4.14. The van der Waals surface area contributed by atoms with Crippen LogP contribution in [0.3, 0.4) is 0 Å². The minimum atomic E-state index is -2.02. The number of fused-ring (bicyclic) bond motifs is 4. The fourth-order valence-electron chi connectivity index (χ4n) is 6.89. The van der Waals surface area contributed by atoms with Gasteiger partial charge >= 0.3 is 0 Å². The van der Waals surface area contributed by atoms with Crippen molar-refractivity contribution in [3.8, 4) is 17.2 Å². The van der Waals surface area contributed by atoms with Gasteiger partial charge in [-0.25, -0.2) is 0 Å². The van der Waals surface area contributed by atoms with Crippen molar-refractivity contribution in [3.63, 3.8) is 0 Å². The molecule has 2 saturated heterocycles. The normalized spacial score (nSPS) is 34.7. The molecule has 1 saturated carbocycles. The van der Waals surface area contributed by atoms with E-state index in [1.807, 2.05) is 6.08 Å². The number of hydrogen-bond donors (Lipinski definition) is 1. The molecule has 0 spiro atoms. The van der Waals surface area contributed by atoms with Gasteiger partial charge in [0.1, 0.15) is 17.2 Å². The van der Waals surface area contributed by atoms with Gasteiger partial charge in [0.25, 0.3) is 11.8 Å². The van der Waals surface area contributed by atoms with E-state index in [2.05, 4.69) is 0 Å². The monoisotopic (exact) mass is 564 g/mol. The second-order valence-electron chi connectivity index (χ2n) is 11.4. The van der Waals surface area contributed by atoms with Crippen LogP contribution in [-0.4, -0.2) is 75.1 Å². The lowest BCUT2D eigenvalue weighted by Crippen LogP contribution is -2.60. The summed E-state index contributed by atoms with van der Waals surface area (Å²) in [5.74, 6) is -5.05. The minimum Gasteiger partial charge on any atom is -0.507 e. The molecule has 1 N–H and O–H groups in total. The summed E-state index contributed by atoms with van der Waals surface area (Å²) >= 11 is 14.3. The van der Waals surface area contributed by atoms with Crippen LogP contribution < -0.4 is 9.47 Å². The van der Waals surface area contributed by atoms with E-state index in [1.54, 1.807) is 20.8 Å². The van der Waals surface area contributed by atoms with Gasteiger partial charge in [-0.1, -0.05) is 11.6 Å². The van der Waals surface area contributed by atoms with Crippen LogP contribution in [0.2, 0.25) is 0 Å². The Morgan fingerprint density at radius 1 is 1.00 bits per heavy atom. The van der Waals surface area contributed by atoms with Gasteiger partial charge < -0.3 is 14.6 Å². The van der Waals surface area contributed by atoms with E-state index >= 15 is 0 Å². The van der Waals surface area contributed by atoms with Gasteiger partial charge in [0.15, 0.2) is 9.75 Å². The second kappa shape index (κ2) is 8.36. The second-order valence-corrected chi connectivity index (χ2v) is 12.7. The molecule has 1 aromatic carbocycles. The van der Waals surface area contributed by atoms with E-state index < -0.39 is 50.8 Å². The number of likely N-dealkylation sites (tertiary alicyclic amines) is 2. The van der Waals surface area contributed by atoms with Gasteiger partial charge in [0.2, 0.25) is 11.8 Å². The SMILES string of the molecule is COc1cc(O)c(C2C3=CCC4C(=O)N(C(C)(C)C)C(=O)C4C3CC3(Cl)C(=O)N(C)C(=O)C23Cl)c(OC)c1. The van der Waals surface area contributed by atoms with Gasteiger partial charge in [-0.3, -0.25) is 29.0 Å². The van der Waals surface area contributed by atoms with Crippen LogP contribution >= 0.6 is 23.2 Å². The molecule has 38 heavy (non-hydrogen) atoms. The maximum atomic E-state index is 13.8. The number of phenolic OH excluding ortho intramolecular Hbond substituents is 1. The number of benzene rings is 1. The average molecular weight is 565 g/mol. The van der Waals surface area contributed by atoms with E-state index in [4.69, 9.17) is 32.7 Å². The van der Waals surface area contributed by atoms with Crippen LogP contribution in [0.4, 0.5) is 0 Å². The fourth-order valence-corrected chi connectivity index (χ4v) is 7.89. The van der Waals surface area contributed by atoms with Crippen molar-refractivity contribution >= 4 is 46.8 Å². The number of nitrogens with zero attached hydrogens (tertiary/aromatic N) is 2. The molecule has 0 bridgehead atoms. The molecule has 6 unspecified atom stereocenters. The largest absolute Gasteiger partial charge is 0.507 e. The summed E-state index contributed by atoms with van der Waals surface area (Å²) in [6.45, 7) is 5.37. The predicted octanol–water partition coefficient (Wildman–Crippen LogP) is 3.20. The number of rotatable bonds is 3. The highest BCUT2D eigenvalue weighted by molar-refractivity contribution is 6.53. The molecule has 1 aromatic rings. The van der Waals surface area contributed by atoms with Crippen LogP contribution in [0.1, 0.15) is 45.1 Å². The van der Waals surface area contributed by atoms with Gasteiger partial charge in [-0.2, -0.15) is 0 Å². The van der Waals surface area contributed by atoms with E-state index in [1.165, 1.54) is 38.3 Å². The standard InChI is InChI=1S/C27H30Cl2N2O7/c1-25(2,3)31-21(33)14-8-7-13-15(18(14)22(31)34)11-26(28)23(35)30(4)24(36)27(26,29)20(13)19-16(32)9-12(37-5)10-17(19)38-6/h7,9-10,14-15,18,20,32H,8,11H2,1-6H3. The Morgan fingerprint density at radius 2 is 1.66 bits per heavy atom. The van der Waals surface area contributed by atoms with Gasteiger partial charge in [-0.05, 0) is 39.5 Å². The van der Waals surface area contributed by atoms with Gasteiger partial charge in [-0.15, -0.1) is 23.2 Å². The molecular formula is C27H30Cl2N2O7. The first kappa shape index (κ1) is 26.8. The molecule has 5 rings (SSSR count). The molecule has 3 fully saturated rings. The Hall–Kier alpha value is -2.78. The van der Waals surface area contributed by atoms with Crippen molar-refractivity contribution in [2.75, 3.05) is 21.3 Å². The van der Waals surface area contributed by atoms with Crippen LogP contribution in [0.25, 0.3) is 0 Å². The molecule has 0 aromatic heterocycles. The fraction of sp³-hybridized carbons (Fsp3) is 0.556. The zero-order chi connectivity index (χ0) is 28.1. The first-order valence-corrected chi connectivity index (χ1v) is 13.1. The number of methoxy groups -OCH3 is 2. The molecule has 6 atom stereocenters. The van der Waals surface area contributed by atoms with Crippen LogP contribution in [0.5, 0.6) is 17.2 Å². The Labute approximate surface area is 230 Å². The number of allylic oxidation sites excluding steroid dienone is 2. The molecule has 4 aliphatic rings. The molecule has 0 radical (unpaired) electrons. The topological polar surface area (TPSA) is 113 Å². The summed E-state index contributed by atoms with van der Waals surface area (Å²) in [6.07, 6.45) is 1.93. The molecule has 2 heterocycles. The predicted molar refractivity (Wildman–Crippen MR) is 138 cm³/mol. The first-order chi connectivity index (χ1) is 17.6. The Morgan fingerprint density at radius 3 is 2.24 bits per heavy atom. The molecule has 2 aliphatic carbocycles. The maximum Gasteiger partial charge on any atom is 0.253 e. The molecule has 9 nitrogen and oxygen atoms in total. The highest BCUT2D eigenvalue weighted by atomic mass is 35.5. The average Bonchev–Trinajstić information content (AvgIpc) is 3.19. The first-order valence-electron chi connectivity index (χ1n) is 12.4. The summed E-state index contributed by atoms with van der Waals surface area (Å²) in [5.41, 5.74) is -0.0147. The number of carbonyl (C=O) groups is 4. The van der Waals surface area contributed by atoms with E-state index in [0.717, 1.165) is 4.90 Å². The Kier molecular flexibility index (Phi) is 5.90. The smallest absolute Gasteiger partial charge is 0.253 e. The third-order valence-corrected chi connectivity index (χ3v) is 9.94. The Balaban J connectivity index is 1.78. The number of hydrogen-bond acceptors (Lipinski definition) is 7. The van der Waals surface area contributed by atoms with Gasteiger partial charge in [0.05, 0.1) is 26.1 Å². The lowest BCUT2D eigenvalue weighted by Gasteiger charge is -2.51. The van der Waals surface area contributed by atoms with Crippen molar-refractivity contribution in [3.05, 3.63) is 29.3 Å². The Bertz CT molecular complexity index is 1320. The van der Waals surface area contributed by atoms with Gasteiger partial charge in [0, 0.05) is 36.2 Å². The summed E-state index contributed by atoms with van der Waals surface area (Å²) in [6, 6.07) is 2.90.